The van der Waals surface area contributed by atoms with E-state index in [1.165, 1.54) is 0 Å². The third kappa shape index (κ3) is 4.59. The molecule has 0 bridgehead atoms. The molecule has 0 aliphatic rings. The topological polar surface area (TPSA) is 59.3 Å². The summed E-state index contributed by atoms with van der Waals surface area (Å²) in [7, 11) is 0. The normalized spacial score (nSPS) is 10.8. The van der Waals surface area contributed by atoms with Crippen LogP contribution in [0.2, 0.25) is 0 Å². The van der Waals surface area contributed by atoms with Gasteiger partial charge in [-0.25, -0.2) is 4.79 Å². The van der Waals surface area contributed by atoms with Gasteiger partial charge in [-0.3, -0.25) is 0 Å². The van der Waals surface area contributed by atoms with Crippen molar-refractivity contribution < 1.29 is 14.3 Å². The molecular weight excluding hydrogens is 370 g/mol. The van der Waals surface area contributed by atoms with Gasteiger partial charge in [0.15, 0.2) is 0 Å². The second kappa shape index (κ2) is 7.50. The first-order valence-electron chi connectivity index (χ1n) is 7.44. The summed E-state index contributed by atoms with van der Waals surface area (Å²) in [6.07, 6.45) is 0. The number of hydrogen-bond donors (Lipinski definition) is 0. The largest absolute Gasteiger partial charge is 0.488 e. The van der Waals surface area contributed by atoms with Gasteiger partial charge in [-0.1, -0.05) is 30.3 Å². The molecular formula is C19H18BrNO3. The summed E-state index contributed by atoms with van der Waals surface area (Å²) in [6.45, 7) is 5.68. The molecule has 0 unspecified atom stereocenters. The molecule has 0 heterocycles. The Bertz CT molecular complexity index is 774. The predicted molar refractivity (Wildman–Crippen MR) is 94.8 cm³/mol. The Morgan fingerprint density at radius 2 is 1.83 bits per heavy atom. The molecule has 0 saturated heterocycles. The minimum Gasteiger partial charge on any atom is -0.488 e. The SMILES string of the molecule is CC(C)(C)OC(=O)c1c(OCc2ccccc2)ccc(C#N)c1Br. The van der Waals surface area contributed by atoms with Gasteiger partial charge < -0.3 is 9.47 Å². The number of carbonyl (C=O) groups is 1. The molecule has 0 atom stereocenters. The van der Waals surface area contributed by atoms with Crippen LogP contribution < -0.4 is 4.74 Å². The van der Waals surface area contributed by atoms with E-state index in [9.17, 15) is 10.1 Å². The van der Waals surface area contributed by atoms with Gasteiger partial charge >= 0.3 is 5.97 Å². The van der Waals surface area contributed by atoms with Gasteiger partial charge in [-0.05, 0) is 54.4 Å². The average molecular weight is 388 g/mol. The summed E-state index contributed by atoms with van der Waals surface area (Å²) in [5, 5.41) is 9.18. The zero-order valence-corrected chi connectivity index (χ0v) is 15.4. The molecule has 0 saturated carbocycles. The highest BCUT2D eigenvalue weighted by molar-refractivity contribution is 9.10. The van der Waals surface area contributed by atoms with E-state index >= 15 is 0 Å². The zero-order chi connectivity index (χ0) is 17.7. The second-order valence-corrected chi connectivity index (χ2v) is 6.98. The number of nitriles is 1. The predicted octanol–water partition coefficient (Wildman–Crippen LogP) is 4.86. The van der Waals surface area contributed by atoms with Crippen molar-refractivity contribution in [3.63, 3.8) is 0 Å². The van der Waals surface area contributed by atoms with Gasteiger partial charge in [0.1, 0.15) is 29.6 Å². The summed E-state index contributed by atoms with van der Waals surface area (Å²) < 4.78 is 11.6. The Hall–Kier alpha value is -2.32. The molecule has 0 aliphatic carbocycles. The molecule has 0 spiro atoms. The number of halogens is 1. The fourth-order valence-corrected chi connectivity index (χ4v) is 2.60. The van der Waals surface area contributed by atoms with Crippen LogP contribution in [0.25, 0.3) is 0 Å². The first kappa shape index (κ1) is 18.0. The van der Waals surface area contributed by atoms with E-state index in [1.54, 1.807) is 32.9 Å². The smallest absolute Gasteiger partial charge is 0.343 e. The Morgan fingerprint density at radius 3 is 2.42 bits per heavy atom. The minimum atomic E-state index is -0.643. The number of ether oxygens (including phenoxy) is 2. The molecule has 2 rings (SSSR count). The molecule has 2 aromatic carbocycles. The summed E-state index contributed by atoms with van der Waals surface area (Å²) in [4.78, 5) is 12.5. The third-order valence-corrected chi connectivity index (χ3v) is 3.89. The van der Waals surface area contributed by atoms with Crippen LogP contribution in [0.1, 0.15) is 42.3 Å². The quantitative estimate of drug-likeness (QED) is 0.703. The van der Waals surface area contributed by atoms with Crippen molar-refractivity contribution in [3.8, 4) is 11.8 Å². The Balaban J connectivity index is 2.35. The standard InChI is InChI=1S/C19H18BrNO3/c1-19(2,3)24-18(22)16-15(10-9-14(11-21)17(16)20)23-12-13-7-5-4-6-8-13/h4-10H,12H2,1-3H3. The molecule has 0 aromatic heterocycles. The van der Waals surface area contributed by atoms with Crippen LogP contribution in [0.5, 0.6) is 5.75 Å². The molecule has 24 heavy (non-hydrogen) atoms. The van der Waals surface area contributed by atoms with Crippen molar-refractivity contribution in [1.29, 1.82) is 5.26 Å². The summed E-state index contributed by atoms with van der Waals surface area (Å²) in [6, 6.07) is 14.9. The number of esters is 1. The molecule has 0 fully saturated rings. The Labute approximate surface area is 150 Å². The van der Waals surface area contributed by atoms with Crippen LogP contribution in [0.15, 0.2) is 46.9 Å². The number of benzene rings is 2. The molecule has 2 aromatic rings. The first-order valence-corrected chi connectivity index (χ1v) is 8.24. The van der Waals surface area contributed by atoms with Crippen LogP contribution >= 0.6 is 15.9 Å². The van der Waals surface area contributed by atoms with Crippen molar-refractivity contribution in [2.24, 2.45) is 0 Å². The summed E-state index contributed by atoms with van der Waals surface area (Å²) in [5.74, 6) is -0.159. The highest BCUT2D eigenvalue weighted by atomic mass is 79.9. The van der Waals surface area contributed by atoms with Crippen LogP contribution in [0.3, 0.4) is 0 Å². The lowest BCUT2D eigenvalue weighted by Crippen LogP contribution is -2.24. The van der Waals surface area contributed by atoms with Crippen molar-refractivity contribution in [2.75, 3.05) is 0 Å². The Morgan fingerprint density at radius 1 is 1.17 bits per heavy atom. The monoisotopic (exact) mass is 387 g/mol. The lowest BCUT2D eigenvalue weighted by Gasteiger charge is -2.21. The van der Waals surface area contributed by atoms with Crippen LogP contribution in [0.4, 0.5) is 0 Å². The fraction of sp³-hybridized carbons (Fsp3) is 0.263. The maximum atomic E-state index is 12.5. The average Bonchev–Trinajstić information content (AvgIpc) is 2.52. The maximum absolute atomic E-state index is 12.5. The zero-order valence-electron chi connectivity index (χ0n) is 13.8. The van der Waals surface area contributed by atoms with Crippen molar-refractivity contribution >= 4 is 21.9 Å². The molecule has 0 aliphatic heterocycles. The van der Waals surface area contributed by atoms with E-state index in [0.717, 1.165) is 5.56 Å². The summed E-state index contributed by atoms with van der Waals surface area (Å²) >= 11 is 3.32. The van der Waals surface area contributed by atoms with Gasteiger partial charge in [-0.15, -0.1) is 0 Å². The highest BCUT2D eigenvalue weighted by Gasteiger charge is 2.25. The van der Waals surface area contributed by atoms with Crippen LogP contribution in [-0.2, 0) is 11.3 Å². The lowest BCUT2D eigenvalue weighted by atomic mass is 10.1. The number of hydrogen-bond acceptors (Lipinski definition) is 4. The fourth-order valence-electron chi connectivity index (χ4n) is 2.02. The van der Waals surface area contributed by atoms with Gasteiger partial charge in [0.25, 0.3) is 0 Å². The van der Waals surface area contributed by atoms with E-state index in [0.29, 0.717) is 22.4 Å². The highest BCUT2D eigenvalue weighted by Crippen LogP contribution is 2.32. The van der Waals surface area contributed by atoms with Crippen LogP contribution in [0, 0.1) is 11.3 Å². The number of rotatable bonds is 4. The van der Waals surface area contributed by atoms with Gasteiger partial charge in [-0.2, -0.15) is 5.26 Å². The van der Waals surface area contributed by atoms with Crippen molar-refractivity contribution in [1.82, 2.24) is 0 Å². The van der Waals surface area contributed by atoms with Gasteiger partial charge in [0.05, 0.1) is 10.0 Å². The van der Waals surface area contributed by atoms with Gasteiger partial charge in [0, 0.05) is 0 Å². The molecule has 5 heteroatoms. The maximum Gasteiger partial charge on any atom is 0.343 e. The van der Waals surface area contributed by atoms with Crippen LogP contribution in [-0.4, -0.2) is 11.6 Å². The Kier molecular flexibility index (Phi) is 5.63. The number of nitrogens with zero attached hydrogens (tertiary/aromatic N) is 1. The first-order chi connectivity index (χ1) is 11.3. The van der Waals surface area contributed by atoms with E-state index < -0.39 is 11.6 Å². The van der Waals surface area contributed by atoms with E-state index in [1.807, 2.05) is 36.4 Å². The van der Waals surface area contributed by atoms with Gasteiger partial charge in [0.2, 0.25) is 0 Å². The molecule has 4 nitrogen and oxygen atoms in total. The minimum absolute atomic E-state index is 0.222. The van der Waals surface area contributed by atoms with E-state index in [4.69, 9.17) is 9.47 Å². The third-order valence-electron chi connectivity index (χ3n) is 3.06. The number of carbonyl (C=O) groups excluding carboxylic acids is 1. The summed E-state index contributed by atoms with van der Waals surface area (Å²) in [5.41, 5.74) is 0.909. The van der Waals surface area contributed by atoms with E-state index in [-0.39, 0.29) is 5.56 Å². The molecule has 0 radical (unpaired) electrons. The molecule has 0 amide bonds. The molecule has 124 valence electrons. The van der Waals surface area contributed by atoms with E-state index in [2.05, 4.69) is 15.9 Å². The molecule has 0 N–H and O–H groups in total. The second-order valence-electron chi connectivity index (χ2n) is 6.19. The van der Waals surface area contributed by atoms with Crippen molar-refractivity contribution in [2.45, 2.75) is 33.0 Å². The van der Waals surface area contributed by atoms with Crippen molar-refractivity contribution in [3.05, 3.63) is 63.6 Å². The lowest BCUT2D eigenvalue weighted by molar-refractivity contribution is 0.00643.